The van der Waals surface area contributed by atoms with E-state index in [0.29, 0.717) is 12.2 Å². The van der Waals surface area contributed by atoms with Gasteiger partial charge in [0, 0.05) is 25.0 Å². The molecule has 25 heavy (non-hydrogen) atoms. The fraction of sp³-hybridized carbons (Fsp3) is 0.200. The van der Waals surface area contributed by atoms with Crippen LogP contribution in [0.5, 0.6) is 0 Å². The summed E-state index contributed by atoms with van der Waals surface area (Å²) in [4.78, 5) is 18.4. The summed E-state index contributed by atoms with van der Waals surface area (Å²) in [5.74, 6) is 0.439. The van der Waals surface area contributed by atoms with Gasteiger partial charge in [-0.2, -0.15) is 0 Å². The Balaban J connectivity index is 1.91. The van der Waals surface area contributed by atoms with Crippen LogP contribution in [0.3, 0.4) is 0 Å². The number of aliphatic hydroxyl groups is 1. The average molecular weight is 335 g/mol. The van der Waals surface area contributed by atoms with Gasteiger partial charge in [-0.3, -0.25) is 4.79 Å². The molecule has 5 nitrogen and oxygen atoms in total. The molecule has 2 aromatic carbocycles. The van der Waals surface area contributed by atoms with E-state index in [1.54, 1.807) is 12.4 Å². The van der Waals surface area contributed by atoms with Gasteiger partial charge < -0.3 is 15.4 Å². The summed E-state index contributed by atoms with van der Waals surface area (Å²) < 4.78 is 0. The van der Waals surface area contributed by atoms with Crippen LogP contribution in [0.4, 0.5) is 5.69 Å². The van der Waals surface area contributed by atoms with Gasteiger partial charge in [0.05, 0.1) is 0 Å². The molecule has 0 aliphatic rings. The van der Waals surface area contributed by atoms with E-state index in [9.17, 15) is 9.90 Å². The Hall–Kier alpha value is -2.92. The van der Waals surface area contributed by atoms with Crippen molar-refractivity contribution in [2.45, 2.75) is 25.9 Å². The highest BCUT2D eigenvalue weighted by molar-refractivity contribution is 5.89. The zero-order valence-electron chi connectivity index (χ0n) is 14.3. The molecule has 1 heterocycles. The second-order valence-electron chi connectivity index (χ2n) is 5.99. The van der Waals surface area contributed by atoms with Crippen LogP contribution < -0.4 is 5.32 Å². The number of aromatic amines is 1. The zero-order chi connectivity index (χ0) is 17.9. The van der Waals surface area contributed by atoms with Crippen LogP contribution >= 0.6 is 0 Å². The first kappa shape index (κ1) is 16.9. The number of imidazole rings is 1. The summed E-state index contributed by atoms with van der Waals surface area (Å²) >= 11 is 0. The van der Waals surface area contributed by atoms with Gasteiger partial charge in [0.15, 0.2) is 0 Å². The Bertz CT molecular complexity index is 857. The van der Waals surface area contributed by atoms with Crippen molar-refractivity contribution in [3.8, 4) is 11.1 Å². The molecule has 1 amide bonds. The van der Waals surface area contributed by atoms with Gasteiger partial charge in [-0.15, -0.1) is 0 Å². The summed E-state index contributed by atoms with van der Waals surface area (Å²) in [6.45, 7) is 3.41. The van der Waals surface area contributed by atoms with Crippen LogP contribution in [0.25, 0.3) is 11.1 Å². The van der Waals surface area contributed by atoms with Crippen LogP contribution in [-0.4, -0.2) is 21.0 Å². The summed E-state index contributed by atoms with van der Waals surface area (Å²) in [7, 11) is 0. The van der Waals surface area contributed by atoms with Gasteiger partial charge in [0.1, 0.15) is 11.4 Å². The molecule has 0 aliphatic heterocycles. The average Bonchev–Trinajstić information content (AvgIpc) is 3.16. The molecule has 1 unspecified atom stereocenters. The van der Waals surface area contributed by atoms with Crippen molar-refractivity contribution in [1.29, 1.82) is 0 Å². The molecule has 0 saturated heterocycles. The number of hydrogen-bond acceptors (Lipinski definition) is 3. The minimum Gasteiger partial charge on any atom is -0.377 e. The van der Waals surface area contributed by atoms with E-state index in [0.717, 1.165) is 22.4 Å². The molecule has 3 N–H and O–H groups in total. The molecular formula is C20H21N3O2. The lowest BCUT2D eigenvalue weighted by molar-refractivity contribution is -0.114. The van der Waals surface area contributed by atoms with Crippen LogP contribution in [0.1, 0.15) is 31.7 Å². The highest BCUT2D eigenvalue weighted by Crippen LogP contribution is 2.32. The highest BCUT2D eigenvalue weighted by atomic mass is 16.3. The maximum absolute atomic E-state index is 11.2. The van der Waals surface area contributed by atoms with Crippen LogP contribution in [0.15, 0.2) is 60.9 Å². The van der Waals surface area contributed by atoms with E-state index >= 15 is 0 Å². The van der Waals surface area contributed by atoms with Gasteiger partial charge in [0.25, 0.3) is 0 Å². The summed E-state index contributed by atoms with van der Waals surface area (Å²) in [6, 6.07) is 15.4. The van der Waals surface area contributed by atoms with E-state index < -0.39 is 5.60 Å². The number of nitrogens with one attached hydrogen (secondary N) is 2. The molecule has 0 fully saturated rings. The van der Waals surface area contributed by atoms with Crippen molar-refractivity contribution < 1.29 is 9.90 Å². The van der Waals surface area contributed by atoms with Gasteiger partial charge in [-0.05, 0) is 35.2 Å². The summed E-state index contributed by atoms with van der Waals surface area (Å²) in [6.07, 6.45) is 3.85. The predicted molar refractivity (Wildman–Crippen MR) is 98.1 cm³/mol. The third kappa shape index (κ3) is 3.46. The molecule has 0 radical (unpaired) electrons. The quantitative estimate of drug-likeness (QED) is 0.665. The minimum absolute atomic E-state index is 0.0982. The van der Waals surface area contributed by atoms with Gasteiger partial charge in [-0.1, -0.05) is 43.3 Å². The molecule has 0 aliphatic carbocycles. The molecule has 0 spiro atoms. The lowest BCUT2D eigenvalue weighted by Crippen LogP contribution is -2.27. The lowest BCUT2D eigenvalue weighted by Gasteiger charge is -2.25. The summed E-state index contributed by atoms with van der Waals surface area (Å²) in [5.41, 5.74) is 2.41. The third-order valence-electron chi connectivity index (χ3n) is 4.28. The standard InChI is InChI=1S/C20H21N3O2/c1-3-20(25,19-21-11-12-22-19)17-9-7-15(8-10-17)16-5-4-6-18(13-16)23-14(2)24/h4-13,25H,3H2,1-2H3,(H,21,22)(H,23,24). The number of aromatic nitrogens is 2. The van der Waals surface area contributed by atoms with Crippen molar-refractivity contribution in [2.75, 3.05) is 5.32 Å². The van der Waals surface area contributed by atoms with Gasteiger partial charge >= 0.3 is 0 Å². The first-order valence-corrected chi connectivity index (χ1v) is 8.23. The van der Waals surface area contributed by atoms with Crippen LogP contribution in [0.2, 0.25) is 0 Å². The van der Waals surface area contributed by atoms with Crippen molar-refractivity contribution in [2.24, 2.45) is 0 Å². The zero-order valence-corrected chi connectivity index (χ0v) is 14.3. The van der Waals surface area contributed by atoms with Crippen LogP contribution in [0, 0.1) is 0 Å². The summed E-state index contributed by atoms with van der Waals surface area (Å²) in [5, 5.41) is 13.8. The number of nitrogens with zero attached hydrogens (tertiary/aromatic N) is 1. The van der Waals surface area contributed by atoms with E-state index in [1.165, 1.54) is 6.92 Å². The fourth-order valence-corrected chi connectivity index (χ4v) is 2.92. The van der Waals surface area contributed by atoms with Crippen molar-refractivity contribution in [3.05, 3.63) is 72.3 Å². The third-order valence-corrected chi connectivity index (χ3v) is 4.28. The maximum atomic E-state index is 11.2. The Morgan fingerprint density at radius 2 is 1.96 bits per heavy atom. The molecular weight excluding hydrogens is 314 g/mol. The van der Waals surface area contributed by atoms with Crippen LogP contribution in [-0.2, 0) is 10.4 Å². The number of carbonyl (C=O) groups excluding carboxylic acids is 1. The molecule has 3 rings (SSSR count). The van der Waals surface area contributed by atoms with Gasteiger partial charge in [0.2, 0.25) is 5.91 Å². The SMILES string of the molecule is CCC(O)(c1ccc(-c2cccc(NC(C)=O)c2)cc1)c1ncc[nH]1. The molecule has 5 heteroatoms. The fourth-order valence-electron chi connectivity index (χ4n) is 2.92. The van der Waals surface area contributed by atoms with Crippen molar-refractivity contribution in [1.82, 2.24) is 9.97 Å². The van der Waals surface area contributed by atoms with E-state index in [2.05, 4.69) is 15.3 Å². The topological polar surface area (TPSA) is 78.0 Å². The molecule has 0 bridgehead atoms. The van der Waals surface area contributed by atoms with E-state index in [4.69, 9.17) is 0 Å². The molecule has 0 saturated carbocycles. The number of H-pyrrole nitrogens is 1. The van der Waals surface area contributed by atoms with E-state index in [1.807, 2.05) is 55.5 Å². The first-order valence-electron chi connectivity index (χ1n) is 8.23. The molecule has 1 atom stereocenters. The monoisotopic (exact) mass is 335 g/mol. The number of rotatable bonds is 5. The number of amides is 1. The second kappa shape index (κ2) is 6.91. The van der Waals surface area contributed by atoms with Crippen molar-refractivity contribution in [3.63, 3.8) is 0 Å². The number of anilines is 1. The number of hydrogen-bond donors (Lipinski definition) is 3. The maximum Gasteiger partial charge on any atom is 0.221 e. The Kier molecular flexibility index (Phi) is 4.67. The first-order chi connectivity index (χ1) is 12.0. The number of carbonyl (C=O) groups is 1. The lowest BCUT2D eigenvalue weighted by atomic mass is 9.89. The predicted octanol–water partition coefficient (Wildman–Crippen LogP) is 3.68. The molecule has 128 valence electrons. The smallest absolute Gasteiger partial charge is 0.221 e. The molecule has 1 aromatic heterocycles. The normalized spacial score (nSPS) is 13.2. The second-order valence-corrected chi connectivity index (χ2v) is 5.99. The van der Waals surface area contributed by atoms with E-state index in [-0.39, 0.29) is 5.91 Å². The Morgan fingerprint density at radius 1 is 1.20 bits per heavy atom. The number of benzene rings is 2. The Labute approximate surface area is 146 Å². The Morgan fingerprint density at radius 3 is 2.56 bits per heavy atom. The van der Waals surface area contributed by atoms with Crippen molar-refractivity contribution >= 4 is 11.6 Å². The van der Waals surface area contributed by atoms with Gasteiger partial charge in [-0.25, -0.2) is 4.98 Å². The largest absolute Gasteiger partial charge is 0.377 e. The highest BCUT2D eigenvalue weighted by Gasteiger charge is 2.32. The minimum atomic E-state index is -1.14. The molecule has 3 aromatic rings.